The molecule has 0 aliphatic rings. The Morgan fingerprint density at radius 1 is 1.16 bits per heavy atom. The highest BCUT2D eigenvalue weighted by Crippen LogP contribution is 2.25. The van der Waals surface area contributed by atoms with E-state index in [0.717, 1.165) is 31.0 Å². The molecule has 4 nitrogen and oxygen atoms in total. The van der Waals surface area contributed by atoms with Gasteiger partial charge in [0.25, 0.3) is 0 Å². The molecule has 0 spiro atoms. The van der Waals surface area contributed by atoms with Crippen LogP contribution >= 0.6 is 0 Å². The Morgan fingerprint density at radius 2 is 1.84 bits per heavy atom. The van der Waals surface area contributed by atoms with Crippen LogP contribution in [0, 0.1) is 0 Å². The lowest BCUT2D eigenvalue weighted by molar-refractivity contribution is 0.158. The second-order valence-electron chi connectivity index (χ2n) is 4.71. The maximum atomic E-state index is 8.89. The van der Waals surface area contributed by atoms with Gasteiger partial charge in [-0.15, -0.1) is 0 Å². The number of para-hydroxylation sites is 2. The first-order valence-corrected chi connectivity index (χ1v) is 6.79. The molecule has 0 fully saturated rings. The van der Waals surface area contributed by atoms with E-state index in [1.165, 1.54) is 0 Å². The van der Waals surface area contributed by atoms with Crippen molar-refractivity contribution in [3.63, 3.8) is 0 Å². The van der Waals surface area contributed by atoms with E-state index >= 15 is 0 Å². The lowest BCUT2D eigenvalue weighted by Gasteiger charge is -2.26. The molecule has 1 rings (SSSR count). The second-order valence-corrected chi connectivity index (χ2v) is 4.71. The number of ether oxygens (including phenoxy) is 2. The fraction of sp³-hybridized carbons (Fsp3) is 0.600. The van der Waals surface area contributed by atoms with Crippen molar-refractivity contribution < 1.29 is 14.6 Å². The standard InChI is InChI=1S/C15H25NO3/c1-13(2)16(9-6-11-17)10-12-19-15-8-5-4-7-14(15)18-3/h4-5,7-8,13,17H,6,9-12H2,1-3H3. The monoisotopic (exact) mass is 267 g/mol. The normalized spacial score (nSPS) is 11.1. The van der Waals surface area contributed by atoms with E-state index in [9.17, 15) is 0 Å². The van der Waals surface area contributed by atoms with E-state index in [2.05, 4.69) is 18.7 Å². The van der Waals surface area contributed by atoms with Gasteiger partial charge in [0.05, 0.1) is 7.11 Å². The Morgan fingerprint density at radius 3 is 2.42 bits per heavy atom. The van der Waals surface area contributed by atoms with Crippen LogP contribution in [-0.4, -0.2) is 49.5 Å². The number of hydrogen-bond acceptors (Lipinski definition) is 4. The zero-order valence-electron chi connectivity index (χ0n) is 12.1. The van der Waals surface area contributed by atoms with Crippen molar-refractivity contribution in [2.75, 3.05) is 33.4 Å². The minimum absolute atomic E-state index is 0.233. The van der Waals surface area contributed by atoms with Gasteiger partial charge in [-0.05, 0) is 32.4 Å². The molecule has 0 aliphatic heterocycles. The zero-order valence-corrected chi connectivity index (χ0v) is 12.1. The van der Waals surface area contributed by atoms with E-state index in [-0.39, 0.29) is 6.61 Å². The van der Waals surface area contributed by atoms with Gasteiger partial charge in [-0.1, -0.05) is 12.1 Å². The predicted octanol–water partition coefficient (Wildman–Crippen LogP) is 2.17. The lowest BCUT2D eigenvalue weighted by Crippen LogP contribution is -2.35. The van der Waals surface area contributed by atoms with Crippen molar-refractivity contribution in [2.45, 2.75) is 26.3 Å². The molecule has 0 aliphatic carbocycles. The Hall–Kier alpha value is -1.26. The number of hydrogen-bond donors (Lipinski definition) is 1. The summed E-state index contributed by atoms with van der Waals surface area (Å²) >= 11 is 0. The van der Waals surface area contributed by atoms with Gasteiger partial charge in [0, 0.05) is 25.7 Å². The number of aliphatic hydroxyl groups is 1. The van der Waals surface area contributed by atoms with Crippen LogP contribution in [-0.2, 0) is 0 Å². The van der Waals surface area contributed by atoms with Gasteiger partial charge in [0.2, 0.25) is 0 Å². The summed E-state index contributed by atoms with van der Waals surface area (Å²) in [5.41, 5.74) is 0. The van der Waals surface area contributed by atoms with E-state index < -0.39 is 0 Å². The molecule has 1 aromatic carbocycles. The van der Waals surface area contributed by atoms with E-state index in [4.69, 9.17) is 14.6 Å². The van der Waals surface area contributed by atoms with Gasteiger partial charge in [0.1, 0.15) is 6.61 Å². The summed E-state index contributed by atoms with van der Waals surface area (Å²) in [6.07, 6.45) is 0.798. The van der Waals surface area contributed by atoms with Crippen LogP contribution in [0.15, 0.2) is 24.3 Å². The largest absolute Gasteiger partial charge is 0.493 e. The topological polar surface area (TPSA) is 41.9 Å². The number of rotatable bonds is 9. The molecular weight excluding hydrogens is 242 g/mol. The van der Waals surface area contributed by atoms with Crippen molar-refractivity contribution in [2.24, 2.45) is 0 Å². The molecule has 0 aromatic heterocycles. The smallest absolute Gasteiger partial charge is 0.161 e. The molecule has 4 heteroatoms. The Kier molecular flexibility index (Phi) is 7.30. The molecule has 0 saturated carbocycles. The molecule has 1 aromatic rings. The maximum Gasteiger partial charge on any atom is 0.161 e. The summed E-state index contributed by atoms with van der Waals surface area (Å²) in [7, 11) is 1.64. The first kappa shape index (κ1) is 15.8. The number of nitrogens with zero attached hydrogens (tertiary/aromatic N) is 1. The molecule has 0 radical (unpaired) electrons. The summed E-state index contributed by atoms with van der Waals surface area (Å²) in [5.74, 6) is 1.53. The average Bonchev–Trinajstić information content (AvgIpc) is 2.42. The van der Waals surface area contributed by atoms with E-state index in [1.54, 1.807) is 7.11 Å². The first-order valence-electron chi connectivity index (χ1n) is 6.79. The Labute approximate surface area is 115 Å². The highest BCUT2D eigenvalue weighted by atomic mass is 16.5. The maximum absolute atomic E-state index is 8.89. The van der Waals surface area contributed by atoms with Crippen LogP contribution < -0.4 is 9.47 Å². The summed E-state index contributed by atoms with van der Waals surface area (Å²) in [6.45, 7) is 6.89. The second kappa shape index (κ2) is 8.77. The summed E-state index contributed by atoms with van der Waals surface area (Å²) in [4.78, 5) is 2.30. The van der Waals surface area contributed by atoms with Gasteiger partial charge < -0.3 is 14.6 Å². The quantitative estimate of drug-likeness (QED) is 0.744. The van der Waals surface area contributed by atoms with Gasteiger partial charge in [-0.2, -0.15) is 0 Å². The van der Waals surface area contributed by atoms with Crippen LogP contribution in [0.5, 0.6) is 11.5 Å². The fourth-order valence-corrected chi connectivity index (χ4v) is 1.91. The van der Waals surface area contributed by atoms with Crippen molar-refractivity contribution in [1.29, 1.82) is 0 Å². The third kappa shape index (κ3) is 5.49. The molecule has 0 amide bonds. The molecule has 0 atom stereocenters. The minimum atomic E-state index is 0.233. The van der Waals surface area contributed by atoms with Crippen molar-refractivity contribution in [3.8, 4) is 11.5 Å². The van der Waals surface area contributed by atoms with Crippen LogP contribution in [0.2, 0.25) is 0 Å². The third-order valence-corrected chi connectivity index (χ3v) is 3.04. The van der Waals surface area contributed by atoms with Gasteiger partial charge >= 0.3 is 0 Å². The summed E-state index contributed by atoms with van der Waals surface area (Å²) in [6, 6.07) is 8.11. The van der Waals surface area contributed by atoms with Gasteiger partial charge in [-0.25, -0.2) is 0 Å². The molecule has 19 heavy (non-hydrogen) atoms. The van der Waals surface area contributed by atoms with Crippen LogP contribution in [0.4, 0.5) is 0 Å². The van der Waals surface area contributed by atoms with Gasteiger partial charge in [-0.3, -0.25) is 4.90 Å². The Bertz CT molecular complexity index is 355. The first-order chi connectivity index (χ1) is 9.19. The summed E-state index contributed by atoms with van der Waals surface area (Å²) < 4.78 is 11.0. The lowest BCUT2D eigenvalue weighted by atomic mass is 10.3. The predicted molar refractivity (Wildman–Crippen MR) is 76.9 cm³/mol. The highest BCUT2D eigenvalue weighted by Gasteiger charge is 2.09. The van der Waals surface area contributed by atoms with E-state index in [1.807, 2.05) is 24.3 Å². The number of benzene rings is 1. The Balaban J connectivity index is 2.42. The van der Waals surface area contributed by atoms with Crippen LogP contribution in [0.1, 0.15) is 20.3 Å². The third-order valence-electron chi connectivity index (χ3n) is 3.04. The highest BCUT2D eigenvalue weighted by molar-refractivity contribution is 5.39. The van der Waals surface area contributed by atoms with Crippen molar-refractivity contribution >= 4 is 0 Å². The summed E-state index contributed by atoms with van der Waals surface area (Å²) in [5, 5.41) is 8.89. The average molecular weight is 267 g/mol. The molecule has 1 N–H and O–H groups in total. The SMILES string of the molecule is COc1ccccc1OCCN(CCCO)C(C)C. The zero-order chi connectivity index (χ0) is 14.1. The van der Waals surface area contributed by atoms with Crippen LogP contribution in [0.3, 0.4) is 0 Å². The number of aliphatic hydroxyl groups excluding tert-OH is 1. The van der Waals surface area contributed by atoms with Gasteiger partial charge in [0.15, 0.2) is 11.5 Å². The van der Waals surface area contributed by atoms with Crippen molar-refractivity contribution in [3.05, 3.63) is 24.3 Å². The molecule has 108 valence electrons. The molecule has 0 heterocycles. The van der Waals surface area contributed by atoms with E-state index in [0.29, 0.717) is 12.6 Å². The molecule has 0 saturated heterocycles. The molecule has 0 bridgehead atoms. The minimum Gasteiger partial charge on any atom is -0.493 e. The van der Waals surface area contributed by atoms with Crippen molar-refractivity contribution in [1.82, 2.24) is 4.90 Å². The fourth-order valence-electron chi connectivity index (χ4n) is 1.91. The molecular formula is C15H25NO3. The van der Waals surface area contributed by atoms with Crippen LogP contribution in [0.25, 0.3) is 0 Å². The number of methoxy groups -OCH3 is 1. The molecule has 0 unspecified atom stereocenters.